The van der Waals surface area contributed by atoms with Crippen molar-refractivity contribution >= 4 is 18.3 Å². The van der Waals surface area contributed by atoms with Crippen LogP contribution in [0.2, 0.25) is 0 Å². The van der Waals surface area contributed by atoms with Crippen LogP contribution < -0.4 is 10.6 Å². The van der Waals surface area contributed by atoms with Crippen LogP contribution in [0.4, 0.5) is 0 Å². The van der Waals surface area contributed by atoms with Gasteiger partial charge < -0.3 is 10.6 Å². The SMILES string of the molecule is CCn1cc(C(=O)NCc2ccc3c(c2)CNC3)cn1.Cl. The highest BCUT2D eigenvalue weighted by Crippen LogP contribution is 2.16. The van der Waals surface area contributed by atoms with Gasteiger partial charge in [0.15, 0.2) is 0 Å². The van der Waals surface area contributed by atoms with Gasteiger partial charge in [-0.2, -0.15) is 5.10 Å². The molecule has 0 atom stereocenters. The number of nitrogens with zero attached hydrogens (tertiary/aromatic N) is 2. The summed E-state index contributed by atoms with van der Waals surface area (Å²) in [5.74, 6) is -0.0803. The summed E-state index contributed by atoms with van der Waals surface area (Å²) in [5.41, 5.74) is 4.42. The van der Waals surface area contributed by atoms with E-state index in [2.05, 4.69) is 33.9 Å². The molecule has 2 heterocycles. The van der Waals surface area contributed by atoms with Gasteiger partial charge in [-0.3, -0.25) is 9.48 Å². The molecule has 0 saturated heterocycles. The topological polar surface area (TPSA) is 59.0 Å². The highest BCUT2D eigenvalue weighted by Gasteiger charge is 2.11. The minimum atomic E-state index is -0.0803. The number of carbonyl (C=O) groups excluding carboxylic acids is 1. The van der Waals surface area contributed by atoms with E-state index in [-0.39, 0.29) is 18.3 Å². The summed E-state index contributed by atoms with van der Waals surface area (Å²) in [4.78, 5) is 12.0. The van der Waals surface area contributed by atoms with Gasteiger partial charge in [-0.25, -0.2) is 0 Å². The zero-order chi connectivity index (χ0) is 13.9. The van der Waals surface area contributed by atoms with Gasteiger partial charge in [0, 0.05) is 32.4 Å². The van der Waals surface area contributed by atoms with E-state index in [1.807, 2.05) is 6.92 Å². The van der Waals surface area contributed by atoms with Gasteiger partial charge in [-0.1, -0.05) is 18.2 Å². The van der Waals surface area contributed by atoms with Crippen LogP contribution in [0.25, 0.3) is 0 Å². The van der Waals surface area contributed by atoms with Crippen LogP contribution in [-0.2, 0) is 26.2 Å². The van der Waals surface area contributed by atoms with Crippen molar-refractivity contribution < 1.29 is 4.79 Å². The Kier molecular flexibility index (Phi) is 4.98. The van der Waals surface area contributed by atoms with Crippen LogP contribution in [0.15, 0.2) is 30.6 Å². The summed E-state index contributed by atoms with van der Waals surface area (Å²) in [6.45, 7) is 5.17. The number of amides is 1. The average Bonchev–Trinajstić information content (AvgIpc) is 3.12. The van der Waals surface area contributed by atoms with Gasteiger partial charge in [-0.05, 0) is 23.6 Å². The van der Waals surface area contributed by atoms with E-state index in [9.17, 15) is 4.79 Å². The number of fused-ring (bicyclic) bond motifs is 1. The number of hydrogen-bond acceptors (Lipinski definition) is 3. The molecule has 0 radical (unpaired) electrons. The van der Waals surface area contributed by atoms with E-state index in [1.165, 1.54) is 11.1 Å². The first kappa shape index (κ1) is 15.5. The van der Waals surface area contributed by atoms with Gasteiger partial charge in [0.25, 0.3) is 5.91 Å². The smallest absolute Gasteiger partial charge is 0.254 e. The second kappa shape index (κ2) is 6.74. The highest BCUT2D eigenvalue weighted by molar-refractivity contribution is 5.93. The number of nitrogens with one attached hydrogen (secondary N) is 2. The number of aryl methyl sites for hydroxylation is 1. The Hall–Kier alpha value is -1.85. The first-order valence-electron chi connectivity index (χ1n) is 6.88. The van der Waals surface area contributed by atoms with Gasteiger partial charge in [0.2, 0.25) is 0 Å². The van der Waals surface area contributed by atoms with E-state index in [0.29, 0.717) is 12.1 Å². The minimum Gasteiger partial charge on any atom is -0.348 e. The lowest BCUT2D eigenvalue weighted by Crippen LogP contribution is -2.22. The molecule has 2 aromatic rings. The largest absolute Gasteiger partial charge is 0.348 e. The Morgan fingerprint density at radius 3 is 2.95 bits per heavy atom. The number of rotatable bonds is 4. The number of hydrogen-bond donors (Lipinski definition) is 2. The van der Waals surface area contributed by atoms with Gasteiger partial charge in [0.1, 0.15) is 0 Å². The van der Waals surface area contributed by atoms with Gasteiger partial charge >= 0.3 is 0 Å². The summed E-state index contributed by atoms with van der Waals surface area (Å²) in [6.07, 6.45) is 3.37. The molecule has 1 aromatic carbocycles. The average molecular weight is 307 g/mol. The van der Waals surface area contributed by atoms with Crippen molar-refractivity contribution in [3.05, 3.63) is 52.8 Å². The third kappa shape index (κ3) is 3.43. The third-order valence-electron chi connectivity index (χ3n) is 3.57. The zero-order valence-corrected chi connectivity index (χ0v) is 12.7. The van der Waals surface area contributed by atoms with Crippen LogP contribution in [-0.4, -0.2) is 15.7 Å². The summed E-state index contributed by atoms with van der Waals surface area (Å²) in [7, 11) is 0. The van der Waals surface area contributed by atoms with Crippen LogP contribution in [0.1, 0.15) is 34.0 Å². The second-order valence-corrected chi connectivity index (χ2v) is 4.97. The molecular formula is C15H19ClN4O. The van der Waals surface area contributed by atoms with Crippen LogP contribution in [0, 0.1) is 0 Å². The lowest BCUT2D eigenvalue weighted by atomic mass is 10.1. The molecule has 0 bridgehead atoms. The molecule has 3 rings (SSSR count). The van der Waals surface area contributed by atoms with Crippen LogP contribution >= 0.6 is 12.4 Å². The lowest BCUT2D eigenvalue weighted by Gasteiger charge is -2.06. The Bertz CT molecular complexity index is 638. The van der Waals surface area contributed by atoms with E-state index < -0.39 is 0 Å². The molecule has 6 heteroatoms. The second-order valence-electron chi connectivity index (χ2n) is 4.97. The maximum atomic E-state index is 12.0. The molecule has 1 amide bonds. The van der Waals surface area contributed by atoms with Crippen LogP contribution in [0.3, 0.4) is 0 Å². The Morgan fingerprint density at radius 2 is 2.19 bits per heavy atom. The molecule has 21 heavy (non-hydrogen) atoms. The van der Waals surface area contributed by atoms with Crippen molar-refractivity contribution in [3.8, 4) is 0 Å². The normalized spacial score (nSPS) is 12.6. The lowest BCUT2D eigenvalue weighted by molar-refractivity contribution is 0.0951. The molecule has 0 unspecified atom stereocenters. The Labute approximate surface area is 130 Å². The Morgan fingerprint density at radius 1 is 1.38 bits per heavy atom. The third-order valence-corrected chi connectivity index (χ3v) is 3.57. The van der Waals surface area contributed by atoms with Crippen molar-refractivity contribution in [1.82, 2.24) is 20.4 Å². The maximum absolute atomic E-state index is 12.0. The monoisotopic (exact) mass is 306 g/mol. The first-order valence-corrected chi connectivity index (χ1v) is 6.88. The predicted molar refractivity (Wildman–Crippen MR) is 83.3 cm³/mol. The van der Waals surface area contributed by atoms with E-state index >= 15 is 0 Å². The number of aromatic nitrogens is 2. The molecule has 0 spiro atoms. The van der Waals surface area contributed by atoms with E-state index in [4.69, 9.17) is 0 Å². The fourth-order valence-electron chi connectivity index (χ4n) is 2.40. The van der Waals surface area contributed by atoms with Crippen LogP contribution in [0.5, 0.6) is 0 Å². The van der Waals surface area contributed by atoms with E-state index in [1.54, 1.807) is 17.1 Å². The number of halogens is 1. The molecule has 112 valence electrons. The fraction of sp³-hybridized carbons (Fsp3) is 0.333. The Balaban J connectivity index is 0.00000161. The predicted octanol–water partition coefficient (Wildman–Crippen LogP) is 1.86. The maximum Gasteiger partial charge on any atom is 0.254 e. The molecule has 1 aliphatic heterocycles. The van der Waals surface area contributed by atoms with Crippen molar-refractivity contribution in [3.63, 3.8) is 0 Å². The van der Waals surface area contributed by atoms with Gasteiger partial charge in [0.05, 0.1) is 11.8 Å². The molecule has 1 aliphatic rings. The quantitative estimate of drug-likeness (QED) is 0.906. The number of carbonyl (C=O) groups is 1. The highest BCUT2D eigenvalue weighted by atomic mass is 35.5. The summed E-state index contributed by atoms with van der Waals surface area (Å²) in [6, 6.07) is 6.36. The number of benzene rings is 1. The van der Waals surface area contributed by atoms with Crippen molar-refractivity contribution in [1.29, 1.82) is 0 Å². The summed E-state index contributed by atoms with van der Waals surface area (Å²) < 4.78 is 1.75. The molecule has 2 N–H and O–H groups in total. The zero-order valence-electron chi connectivity index (χ0n) is 11.9. The standard InChI is InChI=1S/C15H18N4O.ClH/c1-2-19-10-14(9-18-19)15(20)17-6-11-3-4-12-7-16-8-13(12)5-11;/h3-5,9-10,16H,2,6-8H2,1H3,(H,17,20);1H. The molecule has 0 aliphatic carbocycles. The van der Waals surface area contributed by atoms with Crippen molar-refractivity contribution in [2.45, 2.75) is 33.1 Å². The summed E-state index contributed by atoms with van der Waals surface area (Å²) >= 11 is 0. The summed E-state index contributed by atoms with van der Waals surface area (Å²) in [5, 5.41) is 10.4. The fourth-order valence-corrected chi connectivity index (χ4v) is 2.40. The van der Waals surface area contributed by atoms with E-state index in [0.717, 1.165) is 25.2 Å². The van der Waals surface area contributed by atoms with Crippen molar-refractivity contribution in [2.75, 3.05) is 0 Å². The molecular weight excluding hydrogens is 288 g/mol. The minimum absolute atomic E-state index is 0. The van der Waals surface area contributed by atoms with Crippen molar-refractivity contribution in [2.24, 2.45) is 0 Å². The molecule has 1 aromatic heterocycles. The van der Waals surface area contributed by atoms with Gasteiger partial charge in [-0.15, -0.1) is 12.4 Å². The molecule has 0 saturated carbocycles. The molecule has 5 nitrogen and oxygen atoms in total. The molecule has 0 fully saturated rings. The first-order chi connectivity index (χ1) is 9.76.